The van der Waals surface area contributed by atoms with Crippen molar-refractivity contribution in [3.8, 4) is 12.1 Å². The van der Waals surface area contributed by atoms with Gasteiger partial charge in [0.15, 0.2) is 5.54 Å². The molecule has 236 valence electrons. The second kappa shape index (κ2) is 11.0. The van der Waals surface area contributed by atoms with E-state index in [0.717, 1.165) is 27.2 Å². The summed E-state index contributed by atoms with van der Waals surface area (Å²) in [5.41, 5.74) is 9.40. The Morgan fingerprint density at radius 1 is 1.15 bits per heavy atom. The summed E-state index contributed by atoms with van der Waals surface area (Å²) < 4.78 is 48.7. The second-order valence-corrected chi connectivity index (χ2v) is 13.4. The number of nitrogens with one attached hydrogen (secondary N) is 4. The Balaban J connectivity index is 1.34. The molecule has 46 heavy (non-hydrogen) atoms. The van der Waals surface area contributed by atoms with Crippen molar-refractivity contribution in [2.24, 2.45) is 5.41 Å². The van der Waals surface area contributed by atoms with Crippen LogP contribution in [0.25, 0.3) is 21.1 Å². The van der Waals surface area contributed by atoms with Gasteiger partial charge in [0.25, 0.3) is 0 Å². The Kier molecular flexibility index (Phi) is 7.20. The molecule has 4 N–H and O–H groups in total. The zero-order valence-electron chi connectivity index (χ0n) is 25.0. The van der Waals surface area contributed by atoms with Gasteiger partial charge in [-0.15, -0.1) is 16.9 Å². The van der Waals surface area contributed by atoms with Crippen LogP contribution in [0.1, 0.15) is 55.8 Å². The van der Waals surface area contributed by atoms with Gasteiger partial charge in [-0.25, -0.2) is 4.98 Å². The second-order valence-electron chi connectivity index (χ2n) is 12.6. The molecule has 1 aliphatic carbocycles. The van der Waals surface area contributed by atoms with Gasteiger partial charge in [0.05, 0.1) is 56.4 Å². The number of hydrogen-bond acceptors (Lipinski definition) is 11. The minimum Gasteiger partial charge on any atom is -0.381 e. The van der Waals surface area contributed by atoms with Crippen molar-refractivity contribution in [2.75, 3.05) is 23.8 Å². The first kappa shape index (κ1) is 30.0. The molecule has 4 heterocycles. The van der Waals surface area contributed by atoms with Gasteiger partial charge in [-0.05, 0) is 43.0 Å². The number of alkyl halides is 3. The molecule has 2 aromatic carbocycles. The van der Waals surface area contributed by atoms with Crippen molar-refractivity contribution in [3.63, 3.8) is 0 Å². The number of ether oxygens (including phenoxy) is 1. The lowest BCUT2D eigenvalue weighted by Crippen LogP contribution is -2.52. The minimum atomic E-state index is -4.41. The summed E-state index contributed by atoms with van der Waals surface area (Å²) in [7, 11) is 0. The molecule has 2 aromatic heterocycles. The van der Waals surface area contributed by atoms with Crippen LogP contribution in [-0.4, -0.2) is 45.9 Å². The van der Waals surface area contributed by atoms with E-state index in [1.165, 1.54) is 23.7 Å². The first-order valence-electron chi connectivity index (χ1n) is 14.8. The molecule has 7 rings (SSSR count). The van der Waals surface area contributed by atoms with E-state index < -0.39 is 17.8 Å². The van der Waals surface area contributed by atoms with Crippen LogP contribution in [0.2, 0.25) is 0 Å². The largest absolute Gasteiger partial charge is 0.413 e. The van der Waals surface area contributed by atoms with Crippen LogP contribution in [0.4, 0.5) is 24.5 Å². The van der Waals surface area contributed by atoms with Crippen molar-refractivity contribution in [1.82, 2.24) is 25.9 Å². The van der Waals surface area contributed by atoms with E-state index in [1.807, 2.05) is 24.3 Å². The SMILES string of the molecule is CC1(C)COCC[C@H]1Nc1c(C#N)cnc2c(C#N)cc(N[C@H](C3=CN(C4(C(F)(F)F)CC4)NN3)c3cccc4ncsc34)cc12. The number of benzene rings is 2. The van der Waals surface area contributed by atoms with E-state index >= 15 is 0 Å². The fourth-order valence-electron chi connectivity index (χ4n) is 6.29. The van der Waals surface area contributed by atoms with Crippen LogP contribution >= 0.6 is 11.3 Å². The van der Waals surface area contributed by atoms with E-state index in [0.29, 0.717) is 46.8 Å². The van der Waals surface area contributed by atoms with E-state index in [2.05, 4.69) is 57.5 Å². The van der Waals surface area contributed by atoms with E-state index in [1.54, 1.807) is 11.6 Å². The average Bonchev–Trinajstić information content (AvgIpc) is 3.47. The van der Waals surface area contributed by atoms with Crippen LogP contribution in [0.5, 0.6) is 0 Å². The first-order valence-corrected chi connectivity index (χ1v) is 15.7. The maximum Gasteiger partial charge on any atom is 0.413 e. The molecule has 2 atom stereocenters. The van der Waals surface area contributed by atoms with Gasteiger partial charge >= 0.3 is 6.18 Å². The van der Waals surface area contributed by atoms with Gasteiger partial charge in [0, 0.05) is 41.5 Å². The van der Waals surface area contributed by atoms with Crippen molar-refractivity contribution >= 4 is 43.8 Å². The fourth-order valence-corrected chi connectivity index (χ4v) is 7.13. The molecule has 2 aliphatic heterocycles. The van der Waals surface area contributed by atoms with Gasteiger partial charge in [-0.3, -0.25) is 9.99 Å². The summed E-state index contributed by atoms with van der Waals surface area (Å²) in [6.45, 7) is 5.33. The van der Waals surface area contributed by atoms with Gasteiger partial charge in [-0.1, -0.05) is 26.0 Å². The quantitative estimate of drug-likeness (QED) is 0.183. The zero-order valence-corrected chi connectivity index (χ0v) is 25.8. The number of nitrogens with zero attached hydrogens (tertiary/aromatic N) is 5. The number of hydrazine groups is 2. The highest BCUT2D eigenvalue weighted by molar-refractivity contribution is 7.17. The Bertz CT molecular complexity index is 1950. The van der Waals surface area contributed by atoms with Crippen molar-refractivity contribution in [3.05, 3.63) is 70.6 Å². The molecule has 10 nitrogen and oxygen atoms in total. The molecule has 0 spiro atoms. The molecule has 0 amide bonds. The van der Waals surface area contributed by atoms with Crippen LogP contribution in [0, 0.1) is 28.1 Å². The average molecular weight is 646 g/mol. The Labute approximate surface area is 266 Å². The number of aromatic nitrogens is 2. The molecule has 1 saturated heterocycles. The fraction of sp³-hybridized carbons (Fsp3) is 0.375. The van der Waals surface area contributed by atoms with Crippen molar-refractivity contribution < 1.29 is 17.9 Å². The van der Waals surface area contributed by atoms with Gasteiger partial charge in [0.1, 0.15) is 12.1 Å². The lowest BCUT2D eigenvalue weighted by molar-refractivity contribution is -0.195. The monoisotopic (exact) mass is 645 g/mol. The highest BCUT2D eigenvalue weighted by atomic mass is 32.1. The lowest BCUT2D eigenvalue weighted by atomic mass is 9.81. The number of thiazole rings is 1. The number of nitriles is 2. The predicted octanol–water partition coefficient (Wildman–Crippen LogP) is 6.23. The van der Waals surface area contributed by atoms with Crippen LogP contribution < -0.4 is 21.6 Å². The molecule has 0 radical (unpaired) electrons. The standard InChI is InChI=1S/C32H30F3N9OS/c1-30(2)16-45-9-6-25(30)41-27-19(13-37)14-38-26-18(12-36)10-20(11-22(26)27)40-28(21-4-3-5-23-29(21)46-17-39-23)24-15-44(43-42-24)31(7-8-31)32(33,34)35/h3-5,10-11,14-15,17,25,28,40,42-43H,6-9,16H2,1-2H3,(H,38,41)/t25-,28+/m1/s1. The number of hydrogen-bond donors (Lipinski definition) is 4. The summed E-state index contributed by atoms with van der Waals surface area (Å²) >= 11 is 1.43. The topological polar surface area (TPSA) is 134 Å². The molecule has 0 unspecified atom stereocenters. The predicted molar refractivity (Wildman–Crippen MR) is 168 cm³/mol. The minimum absolute atomic E-state index is 0.00828. The molecular weight excluding hydrogens is 615 g/mol. The third-order valence-electron chi connectivity index (χ3n) is 9.12. The maximum atomic E-state index is 14.0. The Morgan fingerprint density at radius 3 is 2.67 bits per heavy atom. The number of halogens is 3. The summed E-state index contributed by atoms with van der Waals surface area (Å²) in [5.74, 6) is 0. The number of rotatable bonds is 7. The Morgan fingerprint density at radius 2 is 1.96 bits per heavy atom. The Hall–Kier alpha value is -4.63. The highest BCUT2D eigenvalue weighted by Crippen LogP contribution is 2.54. The van der Waals surface area contributed by atoms with E-state index in [4.69, 9.17) is 4.74 Å². The summed E-state index contributed by atoms with van der Waals surface area (Å²) in [5, 5.41) is 29.0. The van der Waals surface area contributed by atoms with Crippen molar-refractivity contribution in [2.45, 2.75) is 56.9 Å². The number of anilines is 2. The molecule has 14 heteroatoms. The van der Waals surface area contributed by atoms with E-state index in [9.17, 15) is 23.7 Å². The third kappa shape index (κ3) is 5.03. The highest BCUT2D eigenvalue weighted by Gasteiger charge is 2.67. The summed E-state index contributed by atoms with van der Waals surface area (Å²) in [4.78, 5) is 8.91. The molecule has 1 saturated carbocycles. The third-order valence-corrected chi connectivity index (χ3v) is 10.0. The normalized spacial score (nSPS) is 20.8. The summed E-state index contributed by atoms with van der Waals surface area (Å²) in [6.07, 6.45) is -0.778. The van der Waals surface area contributed by atoms with Crippen LogP contribution in [-0.2, 0) is 4.74 Å². The lowest BCUT2D eigenvalue weighted by Gasteiger charge is -2.39. The maximum absolute atomic E-state index is 14.0. The smallest absolute Gasteiger partial charge is 0.381 e. The molecule has 4 aromatic rings. The number of fused-ring (bicyclic) bond motifs is 2. The molecule has 2 fully saturated rings. The number of pyridine rings is 1. The van der Waals surface area contributed by atoms with Gasteiger partial charge in [-0.2, -0.15) is 23.7 Å². The molecule has 0 bridgehead atoms. The molecular formula is C32H30F3N9OS. The van der Waals surface area contributed by atoms with Crippen LogP contribution in [0.15, 0.2) is 53.9 Å². The zero-order chi connectivity index (χ0) is 32.3. The first-order chi connectivity index (χ1) is 22.0. The van der Waals surface area contributed by atoms with E-state index in [-0.39, 0.29) is 29.9 Å². The summed E-state index contributed by atoms with van der Waals surface area (Å²) in [6, 6.07) is 12.9. The van der Waals surface area contributed by atoms with Gasteiger partial charge in [0.2, 0.25) is 0 Å². The molecule has 3 aliphatic rings. The van der Waals surface area contributed by atoms with Gasteiger partial charge < -0.3 is 20.8 Å². The van der Waals surface area contributed by atoms with Crippen molar-refractivity contribution in [1.29, 1.82) is 10.5 Å². The van der Waals surface area contributed by atoms with Crippen LogP contribution in [0.3, 0.4) is 0 Å².